The summed E-state index contributed by atoms with van der Waals surface area (Å²) in [7, 11) is 0. The SMILES string of the molecule is C=CCNc1nc(C(=O)OCC(=O)N2CCCC2=O)cs1. The van der Waals surface area contributed by atoms with Crippen molar-refractivity contribution in [2.75, 3.05) is 25.0 Å². The van der Waals surface area contributed by atoms with Crippen LogP contribution in [0, 0.1) is 0 Å². The standard InChI is InChI=1S/C13H15N3O4S/c1-2-5-14-13-15-9(8-21-13)12(19)20-7-11(18)16-6-3-4-10(16)17/h2,8H,1,3-7H2,(H,14,15). The van der Waals surface area contributed by atoms with Crippen LogP contribution >= 0.6 is 11.3 Å². The molecule has 0 bridgehead atoms. The Morgan fingerprint density at radius 1 is 1.57 bits per heavy atom. The van der Waals surface area contributed by atoms with Crippen molar-refractivity contribution >= 4 is 34.3 Å². The molecule has 1 aromatic rings. The summed E-state index contributed by atoms with van der Waals surface area (Å²) in [5, 5.41) is 5.06. The first-order valence-electron chi connectivity index (χ1n) is 6.42. The lowest BCUT2D eigenvalue weighted by molar-refractivity contribution is -0.143. The van der Waals surface area contributed by atoms with Gasteiger partial charge in [-0.15, -0.1) is 17.9 Å². The van der Waals surface area contributed by atoms with Gasteiger partial charge in [0.1, 0.15) is 0 Å². The highest BCUT2D eigenvalue weighted by Gasteiger charge is 2.27. The Morgan fingerprint density at radius 3 is 3.05 bits per heavy atom. The number of rotatable bonds is 6. The molecular weight excluding hydrogens is 294 g/mol. The van der Waals surface area contributed by atoms with Gasteiger partial charge in [-0.05, 0) is 6.42 Å². The highest BCUT2D eigenvalue weighted by atomic mass is 32.1. The summed E-state index contributed by atoms with van der Waals surface area (Å²) in [4.78, 5) is 40.0. The van der Waals surface area contributed by atoms with Crippen molar-refractivity contribution < 1.29 is 19.1 Å². The monoisotopic (exact) mass is 309 g/mol. The summed E-state index contributed by atoms with van der Waals surface area (Å²) in [5.74, 6) is -1.40. The van der Waals surface area contributed by atoms with Gasteiger partial charge in [-0.3, -0.25) is 14.5 Å². The Morgan fingerprint density at radius 2 is 2.38 bits per heavy atom. The van der Waals surface area contributed by atoms with Gasteiger partial charge in [0, 0.05) is 24.9 Å². The Balaban J connectivity index is 1.83. The number of anilines is 1. The number of carbonyl (C=O) groups is 3. The van der Waals surface area contributed by atoms with E-state index in [0.717, 1.165) is 4.90 Å². The number of aromatic nitrogens is 1. The molecule has 112 valence electrons. The molecule has 2 amide bonds. The number of amides is 2. The lowest BCUT2D eigenvalue weighted by Gasteiger charge is -2.12. The number of nitrogens with one attached hydrogen (secondary N) is 1. The lowest BCUT2D eigenvalue weighted by Crippen LogP contribution is -2.35. The van der Waals surface area contributed by atoms with Crippen LogP contribution in [0.1, 0.15) is 23.3 Å². The van der Waals surface area contributed by atoms with E-state index in [4.69, 9.17) is 4.74 Å². The molecule has 2 heterocycles. The maximum Gasteiger partial charge on any atom is 0.358 e. The molecule has 1 aromatic heterocycles. The first-order chi connectivity index (χ1) is 10.1. The molecule has 1 aliphatic heterocycles. The average molecular weight is 309 g/mol. The second-order valence-electron chi connectivity index (χ2n) is 4.33. The summed E-state index contributed by atoms with van der Waals surface area (Å²) < 4.78 is 4.88. The second-order valence-corrected chi connectivity index (χ2v) is 5.18. The quantitative estimate of drug-likeness (QED) is 0.624. The number of carbonyl (C=O) groups excluding carboxylic acids is 3. The van der Waals surface area contributed by atoms with Crippen LogP contribution in [0.5, 0.6) is 0 Å². The van der Waals surface area contributed by atoms with Gasteiger partial charge in [-0.25, -0.2) is 9.78 Å². The zero-order valence-electron chi connectivity index (χ0n) is 11.3. The minimum atomic E-state index is -0.683. The normalized spacial score (nSPS) is 14.1. The molecule has 0 unspecified atom stereocenters. The van der Waals surface area contributed by atoms with Gasteiger partial charge >= 0.3 is 5.97 Å². The fraction of sp³-hybridized carbons (Fsp3) is 0.385. The van der Waals surface area contributed by atoms with Crippen molar-refractivity contribution in [3.8, 4) is 0 Å². The molecule has 0 aliphatic carbocycles. The van der Waals surface area contributed by atoms with Crippen molar-refractivity contribution in [2.45, 2.75) is 12.8 Å². The largest absolute Gasteiger partial charge is 0.451 e. The zero-order valence-corrected chi connectivity index (χ0v) is 12.1. The summed E-state index contributed by atoms with van der Waals surface area (Å²) in [5.41, 5.74) is 0.132. The number of thiazole rings is 1. The van der Waals surface area contributed by atoms with E-state index in [0.29, 0.717) is 31.1 Å². The molecule has 21 heavy (non-hydrogen) atoms. The van der Waals surface area contributed by atoms with Crippen LogP contribution in [0.3, 0.4) is 0 Å². The molecule has 7 nitrogen and oxygen atoms in total. The minimum absolute atomic E-state index is 0.132. The summed E-state index contributed by atoms with van der Waals surface area (Å²) >= 11 is 1.26. The van der Waals surface area contributed by atoms with Crippen LogP contribution < -0.4 is 5.32 Å². The zero-order chi connectivity index (χ0) is 15.2. The Kier molecular flexibility index (Phi) is 5.04. The van der Waals surface area contributed by atoms with Gasteiger partial charge in [0.25, 0.3) is 5.91 Å². The fourth-order valence-corrected chi connectivity index (χ4v) is 2.49. The summed E-state index contributed by atoms with van der Waals surface area (Å²) in [6.07, 6.45) is 2.69. The third-order valence-electron chi connectivity index (χ3n) is 2.81. The van der Waals surface area contributed by atoms with Gasteiger partial charge in [0.15, 0.2) is 17.4 Å². The van der Waals surface area contributed by atoms with E-state index in [1.54, 1.807) is 11.5 Å². The predicted octanol–water partition coefficient (Wildman–Crippen LogP) is 1.05. The van der Waals surface area contributed by atoms with Crippen LogP contribution in [0.25, 0.3) is 0 Å². The number of hydrogen-bond acceptors (Lipinski definition) is 7. The van der Waals surface area contributed by atoms with Crippen molar-refractivity contribution in [2.24, 2.45) is 0 Å². The number of hydrogen-bond donors (Lipinski definition) is 1. The Hall–Kier alpha value is -2.22. The molecule has 0 saturated carbocycles. The molecule has 0 aromatic carbocycles. The van der Waals surface area contributed by atoms with E-state index in [9.17, 15) is 14.4 Å². The lowest BCUT2D eigenvalue weighted by atomic mass is 10.4. The van der Waals surface area contributed by atoms with Gasteiger partial charge in [-0.2, -0.15) is 0 Å². The molecule has 0 atom stereocenters. The molecule has 1 N–H and O–H groups in total. The maximum absolute atomic E-state index is 11.8. The Bertz CT molecular complexity index is 570. The smallest absolute Gasteiger partial charge is 0.358 e. The van der Waals surface area contributed by atoms with Crippen molar-refractivity contribution in [1.29, 1.82) is 0 Å². The minimum Gasteiger partial charge on any atom is -0.451 e. The van der Waals surface area contributed by atoms with E-state index in [1.165, 1.54) is 11.3 Å². The Labute approximate surface area is 125 Å². The third-order valence-corrected chi connectivity index (χ3v) is 3.61. The first-order valence-corrected chi connectivity index (χ1v) is 7.30. The predicted molar refractivity (Wildman–Crippen MR) is 77.0 cm³/mol. The molecule has 2 rings (SSSR count). The maximum atomic E-state index is 11.8. The third kappa shape index (κ3) is 3.88. The summed E-state index contributed by atoms with van der Waals surface area (Å²) in [6.45, 7) is 4.05. The molecular formula is C13H15N3O4S. The van der Waals surface area contributed by atoms with Crippen LogP contribution in [0.15, 0.2) is 18.0 Å². The number of nitrogens with zero attached hydrogens (tertiary/aromatic N) is 2. The van der Waals surface area contributed by atoms with Gasteiger partial charge in [-0.1, -0.05) is 6.08 Å². The molecule has 1 saturated heterocycles. The van der Waals surface area contributed by atoms with E-state index in [1.807, 2.05) is 0 Å². The van der Waals surface area contributed by atoms with Crippen molar-refractivity contribution in [3.05, 3.63) is 23.7 Å². The van der Waals surface area contributed by atoms with Gasteiger partial charge < -0.3 is 10.1 Å². The highest BCUT2D eigenvalue weighted by Crippen LogP contribution is 2.16. The van der Waals surface area contributed by atoms with Crippen molar-refractivity contribution in [3.63, 3.8) is 0 Å². The molecule has 1 fully saturated rings. The van der Waals surface area contributed by atoms with E-state index in [2.05, 4.69) is 16.9 Å². The van der Waals surface area contributed by atoms with Crippen molar-refractivity contribution in [1.82, 2.24) is 9.88 Å². The number of imide groups is 1. The van der Waals surface area contributed by atoms with Gasteiger partial charge in [0.2, 0.25) is 5.91 Å². The highest BCUT2D eigenvalue weighted by molar-refractivity contribution is 7.13. The molecule has 8 heteroatoms. The number of likely N-dealkylation sites (tertiary alicyclic amines) is 1. The fourth-order valence-electron chi connectivity index (χ4n) is 1.80. The average Bonchev–Trinajstić information content (AvgIpc) is 3.11. The van der Waals surface area contributed by atoms with Crippen LogP contribution in [-0.2, 0) is 14.3 Å². The number of ether oxygens (including phenoxy) is 1. The van der Waals surface area contributed by atoms with E-state index < -0.39 is 18.5 Å². The van der Waals surface area contributed by atoms with Crippen LogP contribution in [0.2, 0.25) is 0 Å². The first kappa shape index (κ1) is 15.2. The number of esters is 1. The topological polar surface area (TPSA) is 88.6 Å². The molecule has 0 spiro atoms. The van der Waals surface area contributed by atoms with Crippen LogP contribution in [-0.4, -0.2) is 47.4 Å². The van der Waals surface area contributed by atoms with Gasteiger partial charge in [0.05, 0.1) is 0 Å². The molecule has 1 aliphatic rings. The van der Waals surface area contributed by atoms with E-state index in [-0.39, 0.29) is 11.6 Å². The summed E-state index contributed by atoms with van der Waals surface area (Å²) in [6, 6.07) is 0. The van der Waals surface area contributed by atoms with Crippen LogP contribution in [0.4, 0.5) is 5.13 Å². The second kappa shape index (κ2) is 6.98. The van der Waals surface area contributed by atoms with E-state index >= 15 is 0 Å². The molecule has 0 radical (unpaired) electrons.